The highest BCUT2D eigenvalue weighted by molar-refractivity contribution is 9.10. The number of benzene rings is 1. The summed E-state index contributed by atoms with van der Waals surface area (Å²) in [6.45, 7) is 0.550. The van der Waals surface area contributed by atoms with E-state index in [2.05, 4.69) is 31.2 Å². The van der Waals surface area contributed by atoms with Gasteiger partial charge in [-0.15, -0.1) is 0 Å². The van der Waals surface area contributed by atoms with Crippen molar-refractivity contribution in [3.05, 3.63) is 44.9 Å². The summed E-state index contributed by atoms with van der Waals surface area (Å²) in [6, 6.07) is 3.58. The van der Waals surface area contributed by atoms with Crippen molar-refractivity contribution >= 4 is 44.8 Å². The van der Waals surface area contributed by atoms with Crippen molar-refractivity contribution in [3.63, 3.8) is 0 Å². The number of nitrogens with one attached hydrogen (secondary N) is 2. The Morgan fingerprint density at radius 3 is 2.56 bits per heavy atom. The van der Waals surface area contributed by atoms with Crippen molar-refractivity contribution < 1.29 is 0 Å². The van der Waals surface area contributed by atoms with Gasteiger partial charge in [0.2, 0.25) is 0 Å². The van der Waals surface area contributed by atoms with E-state index in [0.717, 1.165) is 10.3 Å². The molecule has 0 amide bonds. The maximum Gasteiger partial charge on any atom is 0.125 e. The molecule has 0 fully saturated rings. The molecular weight excluding hydrogens is 313 g/mol. The van der Waals surface area contributed by atoms with Gasteiger partial charge in [0, 0.05) is 16.9 Å². The van der Waals surface area contributed by atoms with Crippen molar-refractivity contribution in [3.8, 4) is 0 Å². The summed E-state index contributed by atoms with van der Waals surface area (Å²) in [7, 11) is 0. The smallest absolute Gasteiger partial charge is 0.125 e. The van der Waals surface area contributed by atoms with Crippen LogP contribution in [0.1, 0.15) is 5.82 Å². The molecular formula is C10H8BrCl2N3. The van der Waals surface area contributed by atoms with E-state index in [4.69, 9.17) is 23.2 Å². The van der Waals surface area contributed by atoms with Gasteiger partial charge in [-0.25, -0.2) is 4.98 Å². The summed E-state index contributed by atoms with van der Waals surface area (Å²) in [5.74, 6) is 0.829. The third-order valence-corrected chi connectivity index (χ3v) is 3.05. The van der Waals surface area contributed by atoms with Crippen LogP contribution < -0.4 is 5.32 Å². The molecule has 16 heavy (non-hydrogen) atoms. The van der Waals surface area contributed by atoms with E-state index in [1.54, 1.807) is 24.5 Å². The molecule has 0 atom stereocenters. The van der Waals surface area contributed by atoms with E-state index in [1.807, 2.05) is 0 Å². The van der Waals surface area contributed by atoms with Crippen molar-refractivity contribution in [1.29, 1.82) is 0 Å². The first-order valence-electron chi connectivity index (χ1n) is 4.53. The minimum absolute atomic E-state index is 0.550. The molecule has 0 saturated carbocycles. The first-order valence-corrected chi connectivity index (χ1v) is 6.08. The molecule has 1 aromatic heterocycles. The summed E-state index contributed by atoms with van der Waals surface area (Å²) >= 11 is 15.5. The minimum atomic E-state index is 0.550. The molecule has 2 rings (SSSR count). The highest BCUT2D eigenvalue weighted by Crippen LogP contribution is 2.33. The lowest BCUT2D eigenvalue weighted by molar-refractivity contribution is 1.00. The van der Waals surface area contributed by atoms with E-state index >= 15 is 0 Å². The van der Waals surface area contributed by atoms with E-state index in [1.165, 1.54) is 0 Å². The standard InChI is InChI=1S/C10H8BrCl2N3/c11-6-3-7(12)10(8(13)4-6)16-5-9-14-1-2-15-9/h1-4,16H,5H2,(H,14,15). The Hall–Kier alpha value is -0.710. The molecule has 2 aromatic rings. The Bertz CT molecular complexity index is 462. The molecule has 0 spiro atoms. The molecule has 1 aromatic carbocycles. The van der Waals surface area contributed by atoms with Gasteiger partial charge in [-0.05, 0) is 12.1 Å². The maximum absolute atomic E-state index is 6.07. The van der Waals surface area contributed by atoms with Gasteiger partial charge in [0.05, 0.1) is 22.3 Å². The first kappa shape index (κ1) is 11.8. The van der Waals surface area contributed by atoms with Crippen LogP contribution in [0.2, 0.25) is 10.0 Å². The first-order chi connectivity index (χ1) is 7.66. The molecule has 0 aliphatic heterocycles. The summed E-state index contributed by atoms with van der Waals surface area (Å²) in [5, 5.41) is 4.28. The third kappa shape index (κ3) is 2.70. The van der Waals surface area contributed by atoms with Crippen molar-refractivity contribution in [2.75, 3.05) is 5.32 Å². The predicted molar refractivity (Wildman–Crippen MR) is 70.1 cm³/mol. The summed E-state index contributed by atoms with van der Waals surface area (Å²) < 4.78 is 0.853. The monoisotopic (exact) mass is 319 g/mol. The largest absolute Gasteiger partial charge is 0.375 e. The van der Waals surface area contributed by atoms with Gasteiger partial charge in [-0.3, -0.25) is 0 Å². The van der Waals surface area contributed by atoms with Crippen LogP contribution in [-0.4, -0.2) is 9.97 Å². The Kier molecular flexibility index (Phi) is 3.74. The average Bonchev–Trinajstić information content (AvgIpc) is 2.68. The number of hydrogen-bond donors (Lipinski definition) is 2. The second-order valence-corrected chi connectivity index (χ2v) is 4.86. The van der Waals surface area contributed by atoms with E-state index < -0.39 is 0 Å². The van der Waals surface area contributed by atoms with Crippen molar-refractivity contribution in [2.45, 2.75) is 6.54 Å². The van der Waals surface area contributed by atoms with Crippen LogP contribution in [0.3, 0.4) is 0 Å². The van der Waals surface area contributed by atoms with Crippen LogP contribution in [0.5, 0.6) is 0 Å². The third-order valence-electron chi connectivity index (χ3n) is 1.99. The molecule has 1 heterocycles. The average molecular weight is 321 g/mol. The number of aromatic amines is 1. The highest BCUT2D eigenvalue weighted by Gasteiger charge is 2.07. The zero-order valence-corrected chi connectivity index (χ0v) is 11.2. The Labute approximate surface area is 111 Å². The van der Waals surface area contributed by atoms with Crippen LogP contribution in [-0.2, 0) is 6.54 Å². The Balaban J connectivity index is 2.15. The number of nitrogens with zero attached hydrogens (tertiary/aromatic N) is 1. The molecule has 0 aliphatic carbocycles. The van der Waals surface area contributed by atoms with Gasteiger partial charge in [-0.1, -0.05) is 39.1 Å². The normalized spacial score (nSPS) is 10.4. The molecule has 0 bridgehead atoms. The molecule has 84 valence electrons. The Morgan fingerprint density at radius 1 is 1.31 bits per heavy atom. The summed E-state index contributed by atoms with van der Waals surface area (Å²) in [4.78, 5) is 7.08. The number of rotatable bonds is 3. The maximum atomic E-state index is 6.07. The number of imidazole rings is 1. The van der Waals surface area contributed by atoms with Crippen molar-refractivity contribution in [1.82, 2.24) is 9.97 Å². The van der Waals surface area contributed by atoms with Gasteiger partial charge in [0.15, 0.2) is 0 Å². The fourth-order valence-electron chi connectivity index (χ4n) is 1.28. The molecule has 0 aliphatic rings. The minimum Gasteiger partial charge on any atom is -0.375 e. The molecule has 0 unspecified atom stereocenters. The number of hydrogen-bond acceptors (Lipinski definition) is 2. The topological polar surface area (TPSA) is 40.7 Å². The Morgan fingerprint density at radius 2 is 2.00 bits per heavy atom. The van der Waals surface area contributed by atoms with Crippen LogP contribution >= 0.6 is 39.1 Å². The highest BCUT2D eigenvalue weighted by atomic mass is 79.9. The van der Waals surface area contributed by atoms with Crippen LogP contribution in [0.15, 0.2) is 29.0 Å². The molecule has 2 N–H and O–H groups in total. The van der Waals surface area contributed by atoms with E-state index in [9.17, 15) is 0 Å². The summed E-state index contributed by atoms with van der Waals surface area (Å²) in [6.07, 6.45) is 3.46. The van der Waals surface area contributed by atoms with Gasteiger partial charge < -0.3 is 10.3 Å². The molecule has 6 heteroatoms. The van der Waals surface area contributed by atoms with Crippen molar-refractivity contribution in [2.24, 2.45) is 0 Å². The number of H-pyrrole nitrogens is 1. The van der Waals surface area contributed by atoms with Gasteiger partial charge in [-0.2, -0.15) is 0 Å². The summed E-state index contributed by atoms with van der Waals surface area (Å²) in [5.41, 5.74) is 0.711. The zero-order chi connectivity index (χ0) is 11.5. The lowest BCUT2D eigenvalue weighted by Crippen LogP contribution is -2.02. The lowest BCUT2D eigenvalue weighted by Gasteiger charge is -2.09. The van der Waals surface area contributed by atoms with Gasteiger partial charge in [0.25, 0.3) is 0 Å². The van der Waals surface area contributed by atoms with Crippen LogP contribution in [0, 0.1) is 0 Å². The quantitative estimate of drug-likeness (QED) is 0.894. The van der Waals surface area contributed by atoms with E-state index in [-0.39, 0.29) is 0 Å². The second-order valence-electron chi connectivity index (χ2n) is 3.13. The fourth-order valence-corrected chi connectivity index (χ4v) is 2.62. The molecule has 3 nitrogen and oxygen atoms in total. The molecule has 0 radical (unpaired) electrons. The zero-order valence-electron chi connectivity index (χ0n) is 8.10. The number of aromatic nitrogens is 2. The fraction of sp³-hybridized carbons (Fsp3) is 0.100. The van der Waals surface area contributed by atoms with Crippen LogP contribution in [0.25, 0.3) is 0 Å². The molecule has 0 saturated heterocycles. The predicted octanol–water partition coefficient (Wildman–Crippen LogP) is 4.09. The number of halogens is 3. The second kappa shape index (κ2) is 5.08. The van der Waals surface area contributed by atoms with Crippen LogP contribution in [0.4, 0.5) is 5.69 Å². The van der Waals surface area contributed by atoms with Gasteiger partial charge in [0.1, 0.15) is 5.82 Å². The van der Waals surface area contributed by atoms with E-state index in [0.29, 0.717) is 22.3 Å². The lowest BCUT2D eigenvalue weighted by atomic mass is 10.3. The SMILES string of the molecule is Clc1cc(Br)cc(Cl)c1NCc1ncc[nH]1. The van der Waals surface area contributed by atoms with Gasteiger partial charge >= 0.3 is 0 Å². The number of anilines is 1.